The standard InChI is InChI=1S/C20H24O4/c1-6-11(2)18(21)24-17-16-13(4)19(22)23-15(16)10-12(3)14-8-7-9-20(14,17)5/h6,8,15-17H,3-4,7,9-10H2,1-2,5H3. The third kappa shape index (κ3) is 2.36. The number of esters is 2. The fourth-order valence-electron chi connectivity index (χ4n) is 4.20. The number of rotatable bonds is 2. The summed E-state index contributed by atoms with van der Waals surface area (Å²) in [4.78, 5) is 24.5. The first-order valence-electron chi connectivity index (χ1n) is 8.42. The van der Waals surface area contributed by atoms with Gasteiger partial charge in [-0.2, -0.15) is 0 Å². The second-order valence-electron chi connectivity index (χ2n) is 7.17. The highest BCUT2D eigenvalue weighted by molar-refractivity contribution is 5.92. The van der Waals surface area contributed by atoms with Crippen molar-refractivity contribution in [1.29, 1.82) is 0 Å². The fraction of sp³-hybridized carbons (Fsp3) is 0.500. The highest BCUT2D eigenvalue weighted by Gasteiger charge is 2.56. The molecule has 4 nitrogen and oxygen atoms in total. The molecule has 0 aromatic heterocycles. The zero-order valence-electron chi connectivity index (χ0n) is 14.6. The number of carbonyl (C=O) groups excluding carboxylic acids is 2. The number of hydrogen-bond donors (Lipinski definition) is 0. The third-order valence-corrected chi connectivity index (χ3v) is 5.72. The topological polar surface area (TPSA) is 52.6 Å². The molecule has 0 bridgehead atoms. The van der Waals surface area contributed by atoms with Gasteiger partial charge in [0.2, 0.25) is 0 Å². The minimum absolute atomic E-state index is 0.322. The smallest absolute Gasteiger partial charge is 0.334 e. The fourth-order valence-corrected chi connectivity index (χ4v) is 4.20. The average molecular weight is 328 g/mol. The van der Waals surface area contributed by atoms with Gasteiger partial charge in [0.1, 0.15) is 12.2 Å². The van der Waals surface area contributed by atoms with Gasteiger partial charge in [0.15, 0.2) is 0 Å². The largest absolute Gasteiger partial charge is 0.458 e. The minimum atomic E-state index is -0.475. The van der Waals surface area contributed by atoms with E-state index in [2.05, 4.69) is 26.2 Å². The summed E-state index contributed by atoms with van der Waals surface area (Å²) in [6, 6.07) is 0. The molecule has 0 aromatic rings. The molecule has 3 aliphatic rings. The maximum Gasteiger partial charge on any atom is 0.334 e. The van der Waals surface area contributed by atoms with E-state index < -0.39 is 12.1 Å². The molecule has 4 atom stereocenters. The summed E-state index contributed by atoms with van der Waals surface area (Å²) in [6.07, 6.45) is 5.42. The number of fused-ring (bicyclic) bond motifs is 2. The van der Waals surface area contributed by atoms with Crippen LogP contribution in [0.25, 0.3) is 0 Å². The average Bonchev–Trinajstić information content (AvgIpc) is 3.04. The van der Waals surface area contributed by atoms with Crippen LogP contribution in [0.5, 0.6) is 0 Å². The Morgan fingerprint density at radius 1 is 1.46 bits per heavy atom. The maximum atomic E-state index is 12.5. The van der Waals surface area contributed by atoms with Crippen LogP contribution >= 0.6 is 0 Å². The van der Waals surface area contributed by atoms with Crippen molar-refractivity contribution in [2.75, 3.05) is 0 Å². The monoisotopic (exact) mass is 328 g/mol. The van der Waals surface area contributed by atoms with Crippen LogP contribution in [-0.2, 0) is 19.1 Å². The van der Waals surface area contributed by atoms with Gasteiger partial charge in [-0.05, 0) is 37.8 Å². The lowest BCUT2D eigenvalue weighted by molar-refractivity contribution is -0.154. The first kappa shape index (κ1) is 16.7. The molecule has 1 saturated carbocycles. The summed E-state index contributed by atoms with van der Waals surface area (Å²) in [5, 5.41) is 0. The molecule has 3 rings (SSSR count). The molecule has 2 aliphatic carbocycles. The van der Waals surface area contributed by atoms with E-state index in [9.17, 15) is 9.59 Å². The zero-order chi connectivity index (χ0) is 17.6. The van der Waals surface area contributed by atoms with Gasteiger partial charge in [-0.25, -0.2) is 9.59 Å². The molecule has 24 heavy (non-hydrogen) atoms. The molecule has 1 heterocycles. The van der Waals surface area contributed by atoms with Crippen molar-refractivity contribution in [1.82, 2.24) is 0 Å². The molecule has 1 aliphatic heterocycles. The second kappa shape index (κ2) is 5.76. The normalized spacial score (nSPS) is 35.8. The first-order chi connectivity index (χ1) is 11.3. The van der Waals surface area contributed by atoms with Gasteiger partial charge >= 0.3 is 11.9 Å². The van der Waals surface area contributed by atoms with Crippen LogP contribution in [0.1, 0.15) is 40.0 Å². The molecule has 128 valence electrons. The summed E-state index contributed by atoms with van der Waals surface area (Å²) in [5.41, 5.74) is 2.69. The van der Waals surface area contributed by atoms with E-state index >= 15 is 0 Å². The highest BCUT2D eigenvalue weighted by Crippen LogP contribution is 2.55. The maximum absolute atomic E-state index is 12.5. The summed E-state index contributed by atoms with van der Waals surface area (Å²) in [6.45, 7) is 13.8. The number of allylic oxidation sites excluding steroid dienone is 2. The molecule has 0 aromatic carbocycles. The van der Waals surface area contributed by atoms with E-state index in [0.29, 0.717) is 17.6 Å². The molecular formula is C20H24O4. The Balaban J connectivity index is 2.06. The van der Waals surface area contributed by atoms with Crippen LogP contribution < -0.4 is 0 Å². The van der Waals surface area contributed by atoms with E-state index in [-0.39, 0.29) is 23.4 Å². The van der Waals surface area contributed by atoms with Crippen LogP contribution in [0.2, 0.25) is 0 Å². The number of carbonyl (C=O) groups is 2. The number of hydrogen-bond acceptors (Lipinski definition) is 4. The van der Waals surface area contributed by atoms with Crippen molar-refractivity contribution in [3.63, 3.8) is 0 Å². The predicted molar refractivity (Wildman–Crippen MR) is 91.0 cm³/mol. The van der Waals surface area contributed by atoms with Crippen LogP contribution in [0, 0.1) is 11.3 Å². The van der Waals surface area contributed by atoms with Crippen LogP contribution in [0.15, 0.2) is 47.6 Å². The van der Waals surface area contributed by atoms with E-state index in [1.54, 1.807) is 19.9 Å². The van der Waals surface area contributed by atoms with Crippen LogP contribution in [0.4, 0.5) is 0 Å². The van der Waals surface area contributed by atoms with Crippen LogP contribution in [0.3, 0.4) is 0 Å². The lowest BCUT2D eigenvalue weighted by atomic mass is 9.71. The van der Waals surface area contributed by atoms with Crippen molar-refractivity contribution >= 4 is 11.9 Å². The molecule has 0 spiro atoms. The van der Waals surface area contributed by atoms with Crippen molar-refractivity contribution in [2.24, 2.45) is 11.3 Å². The Labute approximate surface area is 142 Å². The van der Waals surface area contributed by atoms with Gasteiger partial charge < -0.3 is 9.47 Å². The quantitative estimate of drug-likeness (QED) is 0.573. The van der Waals surface area contributed by atoms with Gasteiger partial charge in [-0.15, -0.1) is 0 Å². The van der Waals surface area contributed by atoms with Crippen LogP contribution in [-0.4, -0.2) is 24.1 Å². The molecule has 1 saturated heterocycles. The molecule has 0 N–H and O–H groups in total. The van der Waals surface area contributed by atoms with Gasteiger partial charge in [-0.1, -0.05) is 32.2 Å². The molecule has 0 amide bonds. The Kier molecular flexibility index (Phi) is 4.02. The summed E-state index contributed by atoms with van der Waals surface area (Å²) < 4.78 is 11.4. The lowest BCUT2D eigenvalue weighted by Gasteiger charge is -2.38. The Bertz CT molecular complexity index is 696. The Morgan fingerprint density at radius 2 is 2.17 bits per heavy atom. The summed E-state index contributed by atoms with van der Waals surface area (Å²) >= 11 is 0. The first-order valence-corrected chi connectivity index (χ1v) is 8.42. The molecule has 0 radical (unpaired) electrons. The van der Waals surface area contributed by atoms with E-state index in [1.807, 2.05) is 0 Å². The Morgan fingerprint density at radius 3 is 2.83 bits per heavy atom. The van der Waals surface area contributed by atoms with Gasteiger partial charge in [-0.3, -0.25) is 0 Å². The molecule has 2 fully saturated rings. The second-order valence-corrected chi connectivity index (χ2v) is 7.17. The number of ether oxygens (including phenoxy) is 2. The van der Waals surface area contributed by atoms with Crippen molar-refractivity contribution in [3.8, 4) is 0 Å². The third-order valence-electron chi connectivity index (χ3n) is 5.72. The molecule has 4 unspecified atom stereocenters. The minimum Gasteiger partial charge on any atom is -0.458 e. The van der Waals surface area contributed by atoms with E-state index in [4.69, 9.17) is 9.47 Å². The van der Waals surface area contributed by atoms with Crippen molar-refractivity contribution in [3.05, 3.63) is 47.6 Å². The van der Waals surface area contributed by atoms with E-state index in [0.717, 1.165) is 24.0 Å². The zero-order valence-corrected chi connectivity index (χ0v) is 14.6. The molecular weight excluding hydrogens is 304 g/mol. The highest BCUT2D eigenvalue weighted by atomic mass is 16.6. The lowest BCUT2D eigenvalue weighted by Crippen LogP contribution is -2.43. The van der Waals surface area contributed by atoms with Crippen molar-refractivity contribution < 1.29 is 19.1 Å². The summed E-state index contributed by atoms with van der Waals surface area (Å²) in [7, 11) is 0. The Hall–Kier alpha value is -2.10. The SMILES string of the molecule is C=C1CC2OC(=O)C(=C)C2C(OC(=O)C(C)=CC)C2(C)CCC=C12. The molecule has 4 heteroatoms. The predicted octanol–water partition coefficient (Wildman–Crippen LogP) is 3.65. The van der Waals surface area contributed by atoms with Gasteiger partial charge in [0.25, 0.3) is 0 Å². The van der Waals surface area contributed by atoms with Gasteiger partial charge in [0, 0.05) is 23.0 Å². The van der Waals surface area contributed by atoms with E-state index in [1.165, 1.54) is 0 Å². The van der Waals surface area contributed by atoms with Gasteiger partial charge in [0.05, 0.1) is 5.92 Å². The van der Waals surface area contributed by atoms with Crippen molar-refractivity contribution in [2.45, 2.75) is 52.2 Å². The summed E-state index contributed by atoms with van der Waals surface area (Å²) in [5.74, 6) is -1.07.